The summed E-state index contributed by atoms with van der Waals surface area (Å²) in [6.07, 6.45) is 6.59. The van der Waals surface area contributed by atoms with Gasteiger partial charge in [0.15, 0.2) is 0 Å². The van der Waals surface area contributed by atoms with E-state index in [2.05, 4.69) is 14.8 Å². The van der Waals surface area contributed by atoms with Crippen LogP contribution in [0.15, 0.2) is 23.2 Å². The van der Waals surface area contributed by atoms with E-state index < -0.39 is 10.0 Å². The monoisotopic (exact) mass is 394 g/mol. The molecule has 3 aliphatic heterocycles. The standard InChI is InChI=1S/C19H30N4O3S/c1-21-10-12-23(13-11-21)27(24,25)17-4-5-19(20-15-17)22-8-6-16(7-9-22)18-3-2-14-26-18/h4-5,15-16,18H,2-3,6-14H2,1H3. The Labute approximate surface area is 162 Å². The highest BCUT2D eigenvalue weighted by Crippen LogP contribution is 2.30. The molecule has 8 heteroatoms. The van der Waals surface area contributed by atoms with Crippen LogP contribution >= 0.6 is 0 Å². The molecule has 0 saturated carbocycles. The summed E-state index contributed by atoms with van der Waals surface area (Å²) in [6, 6.07) is 3.57. The van der Waals surface area contributed by atoms with E-state index in [9.17, 15) is 8.42 Å². The molecule has 0 N–H and O–H groups in total. The Morgan fingerprint density at radius 3 is 2.37 bits per heavy atom. The molecule has 0 radical (unpaired) electrons. The Morgan fingerprint density at radius 1 is 1.04 bits per heavy atom. The van der Waals surface area contributed by atoms with Gasteiger partial charge >= 0.3 is 0 Å². The molecule has 150 valence electrons. The minimum atomic E-state index is -3.44. The Morgan fingerprint density at radius 2 is 1.78 bits per heavy atom. The molecule has 3 aliphatic rings. The summed E-state index contributed by atoms with van der Waals surface area (Å²) in [6.45, 7) is 5.45. The zero-order valence-corrected chi connectivity index (χ0v) is 16.9. The van der Waals surface area contributed by atoms with Gasteiger partial charge in [0.25, 0.3) is 0 Å². The lowest BCUT2D eigenvalue weighted by atomic mass is 9.90. The molecule has 0 amide bonds. The van der Waals surface area contributed by atoms with E-state index in [0.29, 0.717) is 30.0 Å². The molecule has 1 aromatic heterocycles. The topological polar surface area (TPSA) is 66.0 Å². The lowest BCUT2D eigenvalue weighted by molar-refractivity contribution is 0.0531. The second kappa shape index (κ2) is 8.03. The summed E-state index contributed by atoms with van der Waals surface area (Å²) in [5.74, 6) is 1.53. The van der Waals surface area contributed by atoms with Crippen LogP contribution in [0.3, 0.4) is 0 Å². The lowest BCUT2D eigenvalue weighted by Crippen LogP contribution is -2.47. The molecular formula is C19H30N4O3S. The van der Waals surface area contributed by atoms with E-state index >= 15 is 0 Å². The fourth-order valence-corrected chi connectivity index (χ4v) is 5.73. The number of sulfonamides is 1. The predicted octanol–water partition coefficient (Wildman–Crippen LogP) is 1.41. The van der Waals surface area contributed by atoms with Gasteiger partial charge in [0.2, 0.25) is 10.0 Å². The summed E-state index contributed by atoms with van der Waals surface area (Å²) >= 11 is 0. The van der Waals surface area contributed by atoms with Crippen LogP contribution in [0.4, 0.5) is 5.82 Å². The third kappa shape index (κ3) is 4.13. The first-order valence-electron chi connectivity index (χ1n) is 10.1. The fraction of sp³-hybridized carbons (Fsp3) is 0.737. The van der Waals surface area contributed by atoms with Crippen molar-refractivity contribution in [2.75, 3.05) is 57.8 Å². The number of ether oxygens (including phenoxy) is 1. The molecule has 3 fully saturated rings. The molecule has 0 bridgehead atoms. The molecule has 4 heterocycles. The van der Waals surface area contributed by atoms with Crippen LogP contribution in [0.5, 0.6) is 0 Å². The molecule has 1 aromatic rings. The van der Waals surface area contributed by atoms with Crippen molar-refractivity contribution in [2.45, 2.75) is 36.7 Å². The quantitative estimate of drug-likeness (QED) is 0.769. The predicted molar refractivity (Wildman–Crippen MR) is 104 cm³/mol. The van der Waals surface area contributed by atoms with Gasteiger partial charge < -0.3 is 14.5 Å². The van der Waals surface area contributed by atoms with Gasteiger partial charge in [-0.3, -0.25) is 0 Å². The van der Waals surface area contributed by atoms with Gasteiger partial charge in [-0.2, -0.15) is 4.31 Å². The third-order valence-corrected chi connectivity index (χ3v) is 8.06. The van der Waals surface area contributed by atoms with E-state index in [-0.39, 0.29) is 0 Å². The number of piperidine rings is 1. The average Bonchev–Trinajstić information content (AvgIpc) is 3.23. The number of aromatic nitrogens is 1. The van der Waals surface area contributed by atoms with Gasteiger partial charge in [-0.1, -0.05) is 0 Å². The van der Waals surface area contributed by atoms with E-state index in [0.717, 1.165) is 51.4 Å². The number of likely N-dealkylation sites (N-methyl/N-ethyl adjacent to an activating group) is 1. The van der Waals surface area contributed by atoms with E-state index in [1.165, 1.54) is 19.0 Å². The molecule has 0 aromatic carbocycles. The van der Waals surface area contributed by atoms with Crippen molar-refractivity contribution in [3.8, 4) is 0 Å². The van der Waals surface area contributed by atoms with E-state index in [1.807, 2.05) is 13.1 Å². The molecule has 3 saturated heterocycles. The van der Waals surface area contributed by atoms with Gasteiger partial charge in [-0.15, -0.1) is 0 Å². The number of anilines is 1. The number of rotatable bonds is 4. The van der Waals surface area contributed by atoms with Gasteiger partial charge in [-0.25, -0.2) is 13.4 Å². The first kappa shape index (κ1) is 19.1. The molecule has 1 unspecified atom stereocenters. The summed E-state index contributed by atoms with van der Waals surface area (Å²) in [5.41, 5.74) is 0. The molecule has 1 atom stereocenters. The highest BCUT2D eigenvalue weighted by molar-refractivity contribution is 7.89. The van der Waals surface area contributed by atoms with Crippen molar-refractivity contribution in [3.05, 3.63) is 18.3 Å². The smallest absolute Gasteiger partial charge is 0.244 e. The molecule has 0 spiro atoms. The lowest BCUT2D eigenvalue weighted by Gasteiger charge is -2.35. The van der Waals surface area contributed by atoms with Crippen molar-refractivity contribution >= 4 is 15.8 Å². The average molecular weight is 395 g/mol. The van der Waals surface area contributed by atoms with Crippen molar-refractivity contribution in [3.63, 3.8) is 0 Å². The van der Waals surface area contributed by atoms with Gasteiger partial charge in [0.05, 0.1) is 6.10 Å². The molecule has 27 heavy (non-hydrogen) atoms. The zero-order chi connectivity index (χ0) is 18.9. The molecule has 7 nitrogen and oxygen atoms in total. The summed E-state index contributed by atoms with van der Waals surface area (Å²) in [5, 5.41) is 0. The van der Waals surface area contributed by atoms with E-state index in [4.69, 9.17) is 4.74 Å². The largest absolute Gasteiger partial charge is 0.378 e. The molecule has 4 rings (SSSR count). The normalized spacial score (nSPS) is 26.6. The molecular weight excluding hydrogens is 364 g/mol. The first-order valence-corrected chi connectivity index (χ1v) is 11.5. The second-order valence-corrected chi connectivity index (χ2v) is 9.87. The van der Waals surface area contributed by atoms with Crippen molar-refractivity contribution in [1.29, 1.82) is 0 Å². The van der Waals surface area contributed by atoms with Crippen LogP contribution in [-0.4, -0.2) is 81.6 Å². The summed E-state index contributed by atoms with van der Waals surface area (Å²) < 4.78 is 33.0. The van der Waals surface area contributed by atoms with Crippen LogP contribution < -0.4 is 4.90 Å². The number of hydrogen-bond donors (Lipinski definition) is 0. The zero-order valence-electron chi connectivity index (χ0n) is 16.1. The van der Waals surface area contributed by atoms with Crippen LogP contribution in [0, 0.1) is 5.92 Å². The minimum absolute atomic E-state index is 0.296. The second-order valence-electron chi connectivity index (χ2n) is 7.94. The summed E-state index contributed by atoms with van der Waals surface area (Å²) in [7, 11) is -1.43. The van der Waals surface area contributed by atoms with Crippen LogP contribution in [0.1, 0.15) is 25.7 Å². The minimum Gasteiger partial charge on any atom is -0.378 e. The van der Waals surface area contributed by atoms with Crippen LogP contribution in [0.2, 0.25) is 0 Å². The first-order chi connectivity index (χ1) is 13.0. The van der Waals surface area contributed by atoms with Crippen LogP contribution in [-0.2, 0) is 14.8 Å². The maximum atomic E-state index is 12.8. The molecule has 0 aliphatic carbocycles. The maximum absolute atomic E-state index is 12.8. The highest BCUT2D eigenvalue weighted by Gasteiger charge is 2.31. The van der Waals surface area contributed by atoms with Crippen molar-refractivity contribution < 1.29 is 13.2 Å². The van der Waals surface area contributed by atoms with Crippen LogP contribution in [0.25, 0.3) is 0 Å². The van der Waals surface area contributed by atoms with Gasteiger partial charge in [0, 0.05) is 52.1 Å². The number of hydrogen-bond acceptors (Lipinski definition) is 6. The van der Waals surface area contributed by atoms with E-state index in [1.54, 1.807) is 10.4 Å². The Kier molecular flexibility index (Phi) is 5.68. The van der Waals surface area contributed by atoms with Crippen molar-refractivity contribution in [2.24, 2.45) is 5.92 Å². The van der Waals surface area contributed by atoms with Crippen molar-refractivity contribution in [1.82, 2.24) is 14.2 Å². The Bertz CT molecular complexity index is 718. The third-order valence-electron chi connectivity index (χ3n) is 6.18. The number of nitrogens with zero attached hydrogens (tertiary/aromatic N) is 4. The van der Waals surface area contributed by atoms with Gasteiger partial charge in [0.1, 0.15) is 10.7 Å². The summed E-state index contributed by atoms with van der Waals surface area (Å²) in [4.78, 5) is 9.18. The maximum Gasteiger partial charge on any atom is 0.244 e. The highest BCUT2D eigenvalue weighted by atomic mass is 32.2. The Hall–Kier alpha value is -1.22. The fourth-order valence-electron chi connectivity index (χ4n) is 4.36. The Balaban J connectivity index is 1.37. The number of pyridine rings is 1. The number of piperazine rings is 1. The SMILES string of the molecule is CN1CCN(S(=O)(=O)c2ccc(N3CCC(C4CCCO4)CC3)nc2)CC1. The van der Waals surface area contributed by atoms with Gasteiger partial charge in [-0.05, 0) is 50.8 Å².